The van der Waals surface area contributed by atoms with Gasteiger partial charge in [0.25, 0.3) is 5.52 Å². The number of aryl methyl sites for hydroxylation is 8. The van der Waals surface area contributed by atoms with Crippen LogP contribution in [0.3, 0.4) is 0 Å². The number of rotatable bonds is 13. The van der Waals surface area contributed by atoms with E-state index in [0.29, 0.717) is 38.2 Å². The van der Waals surface area contributed by atoms with E-state index in [1.54, 1.807) is 86.6 Å². The van der Waals surface area contributed by atoms with E-state index in [0.717, 1.165) is 38.9 Å². The van der Waals surface area contributed by atoms with Crippen molar-refractivity contribution < 1.29 is 114 Å². The van der Waals surface area contributed by atoms with E-state index < -0.39 is 43.5 Å². The molecule has 74 heavy (non-hydrogen) atoms. The molecule has 0 saturated heterocycles. The van der Waals surface area contributed by atoms with Crippen molar-refractivity contribution in [2.75, 3.05) is 13.2 Å². The molecule has 0 fully saturated rings. The first-order valence-corrected chi connectivity index (χ1v) is 28.4. The summed E-state index contributed by atoms with van der Waals surface area (Å²) < 4.78 is 70.6. The van der Waals surface area contributed by atoms with Gasteiger partial charge in [0, 0.05) is 37.9 Å². The van der Waals surface area contributed by atoms with Crippen LogP contribution in [0.25, 0.3) is 0 Å². The minimum atomic E-state index is -4.32. The Hall–Kier alpha value is -4.39. The quantitative estimate of drug-likeness (QED) is 0.0997. The predicted molar refractivity (Wildman–Crippen MR) is 285 cm³/mol. The van der Waals surface area contributed by atoms with Gasteiger partial charge in [0.05, 0.1) is 13.2 Å². The smallest absolute Gasteiger partial charge is 0.790 e. The Labute approximate surface area is 480 Å². The molecule has 2 atom stereocenters. The molecule has 0 spiro atoms. The normalized spacial score (nSPS) is 12.1. The molecule has 1 N–H and O–H groups in total. The van der Waals surface area contributed by atoms with Crippen LogP contribution in [-0.4, -0.2) is 47.5 Å². The zero-order valence-electron chi connectivity index (χ0n) is 43.3. The molecule has 12 nitrogen and oxygen atoms in total. The molecule has 7 rings (SSSR count). The van der Waals surface area contributed by atoms with Gasteiger partial charge in [-0.15, -0.1) is 12.6 Å². The molecule has 0 bridgehead atoms. The zero-order valence-corrected chi connectivity index (χ0v) is 50.8. The number of aliphatic hydroxyl groups excluding tert-OH is 1. The van der Waals surface area contributed by atoms with Crippen LogP contribution >= 0.6 is 21.9 Å². The molecule has 7 aromatic rings. The summed E-state index contributed by atoms with van der Waals surface area (Å²) in [5.74, 6) is 0. The molecule has 0 saturated carbocycles. The van der Waals surface area contributed by atoms with E-state index in [2.05, 4.69) is 6.92 Å². The van der Waals surface area contributed by atoms with Crippen molar-refractivity contribution in [3.8, 4) is 0 Å². The minimum absolute atomic E-state index is 0. The van der Waals surface area contributed by atoms with Crippen LogP contribution < -0.4 is 85.2 Å². The molecular formula is C56H57Na2O12P3S. The van der Waals surface area contributed by atoms with Crippen LogP contribution in [0.5, 0.6) is 0 Å². The SMILES string of the molecule is Cc1cc(C)c(C(=O)P(=O)(OCCO)c2ccccc2)c(C)c1.Cc1cc(C)c(C(=O)P(=O)([O-])c2ccccc2)c(C)c1.O=S(=O)=O.[CH2-]c1cc(C)c(C(=O)P(=O)(c2ccccc2)c2ccccc2)c(C)c1.[Na+].[Na+]. The standard InChI is InChI=1S/C22H20O2P.C18H21O4P.C16H17O3P.2Na.O3S/c1-16-14-17(2)21(18(3)15-16)22(23)25(24,19-10-6-4-7-11-19)20-12-8-5-9-13-20;1-13-11-14(2)17(15(3)12-13)18(20)23(21,22-10-9-19)16-7-5-4-6-8-16;1-11-9-12(2)15(13(3)10-11)16(17)20(18,19)14-7-5-4-6-8-14;;;1-4(2)3/h4-15H,1H2,2-3H3;4-8,11-12,19H,9-10H2,1-3H3;4-10H,1-3H3,(H,18,19);;;/q-1;;;2*+1;/p-1. The Kier molecular flexibility index (Phi) is 26.5. The Balaban J connectivity index is 0.000000363. The number of carbonyl (C=O) groups excluding carboxylic acids is 3. The fraction of sp³-hybridized carbons (Fsp3) is 0.179. The average Bonchev–Trinajstić information content (AvgIpc) is 3.33. The molecule has 0 aliphatic rings. The van der Waals surface area contributed by atoms with Crippen LogP contribution in [-0.2, 0) is 28.8 Å². The molecule has 0 amide bonds. The molecular weight excluding hydrogens is 1040 g/mol. The van der Waals surface area contributed by atoms with Gasteiger partial charge in [-0.3, -0.25) is 18.9 Å². The average molecular weight is 1090 g/mol. The van der Waals surface area contributed by atoms with Crippen molar-refractivity contribution in [3.63, 3.8) is 0 Å². The summed E-state index contributed by atoms with van der Waals surface area (Å²) in [6.45, 7) is 18.3. The van der Waals surface area contributed by atoms with Gasteiger partial charge in [-0.2, -0.15) is 24.6 Å². The van der Waals surface area contributed by atoms with E-state index >= 15 is 0 Å². The molecule has 0 aliphatic carbocycles. The van der Waals surface area contributed by atoms with Crippen molar-refractivity contribution in [3.05, 3.63) is 231 Å². The first-order valence-electron chi connectivity index (χ1n) is 22.4. The van der Waals surface area contributed by atoms with Crippen molar-refractivity contribution >= 4 is 70.3 Å². The third-order valence-corrected chi connectivity index (χ3v) is 18.1. The Morgan fingerprint density at radius 2 is 0.770 bits per heavy atom. The first kappa shape index (κ1) is 65.7. The summed E-state index contributed by atoms with van der Waals surface area (Å²) in [7, 11) is -14.7. The van der Waals surface area contributed by atoms with E-state index in [4.69, 9.17) is 22.3 Å². The topological polar surface area (TPSA) is 206 Å². The Bertz CT molecular complexity index is 3220. The van der Waals surface area contributed by atoms with E-state index in [1.807, 2.05) is 114 Å². The van der Waals surface area contributed by atoms with Gasteiger partial charge in [-0.05, 0) is 75.9 Å². The summed E-state index contributed by atoms with van der Waals surface area (Å²) in [4.78, 5) is 51.4. The van der Waals surface area contributed by atoms with Gasteiger partial charge in [0.2, 0.25) is 18.2 Å². The second kappa shape index (κ2) is 29.8. The molecule has 2 unspecified atom stereocenters. The Morgan fingerprint density at radius 1 is 0.486 bits per heavy atom. The maximum Gasteiger partial charge on any atom is 1.00 e. The van der Waals surface area contributed by atoms with Gasteiger partial charge in [-0.1, -0.05) is 170 Å². The molecule has 0 aliphatic heterocycles. The van der Waals surface area contributed by atoms with E-state index in [-0.39, 0.29) is 88.7 Å². The van der Waals surface area contributed by atoms with Crippen LogP contribution in [0.15, 0.2) is 158 Å². The van der Waals surface area contributed by atoms with Crippen LogP contribution in [0, 0.1) is 62.3 Å². The van der Waals surface area contributed by atoms with Crippen molar-refractivity contribution in [1.82, 2.24) is 0 Å². The van der Waals surface area contributed by atoms with Gasteiger partial charge in [0.15, 0.2) is 0 Å². The molecule has 0 heterocycles. The number of benzene rings is 7. The summed E-state index contributed by atoms with van der Waals surface area (Å²) in [6.07, 6.45) is 0. The van der Waals surface area contributed by atoms with Crippen molar-refractivity contribution in [1.29, 1.82) is 0 Å². The Morgan fingerprint density at radius 3 is 1.11 bits per heavy atom. The molecule has 0 aromatic heterocycles. The third kappa shape index (κ3) is 16.6. The maximum atomic E-state index is 14.1. The van der Waals surface area contributed by atoms with Crippen LogP contribution in [0.1, 0.15) is 81.1 Å². The third-order valence-electron chi connectivity index (χ3n) is 11.2. The second-order valence-corrected chi connectivity index (χ2v) is 24.3. The van der Waals surface area contributed by atoms with Crippen LogP contribution in [0.4, 0.5) is 0 Å². The van der Waals surface area contributed by atoms with Crippen molar-refractivity contribution in [2.45, 2.75) is 55.4 Å². The van der Waals surface area contributed by atoms with Gasteiger partial charge in [0.1, 0.15) is 7.37 Å². The summed E-state index contributed by atoms with van der Waals surface area (Å²) in [5, 5.41) is 10.5. The van der Waals surface area contributed by atoms with E-state index in [9.17, 15) is 33.0 Å². The number of hydrogen-bond acceptors (Lipinski definition) is 12. The zero-order chi connectivity index (χ0) is 53.6. The van der Waals surface area contributed by atoms with Crippen molar-refractivity contribution in [2.24, 2.45) is 0 Å². The molecule has 18 heteroatoms. The number of aliphatic hydroxyl groups is 1. The minimum Gasteiger partial charge on any atom is -0.790 e. The second-order valence-electron chi connectivity index (χ2n) is 16.9. The largest absolute Gasteiger partial charge is 1.00 e. The van der Waals surface area contributed by atoms with Gasteiger partial charge >= 0.3 is 77.1 Å². The maximum absolute atomic E-state index is 14.1. The summed E-state index contributed by atoms with van der Waals surface area (Å²) >= 11 is 0. The van der Waals surface area contributed by atoms with Gasteiger partial charge in [-0.25, -0.2) is 0 Å². The molecule has 0 radical (unpaired) electrons. The monoisotopic (exact) mass is 1090 g/mol. The summed E-state index contributed by atoms with van der Waals surface area (Å²) in [6, 6.07) is 45.5. The predicted octanol–water partition coefficient (Wildman–Crippen LogP) is 3.72. The van der Waals surface area contributed by atoms with E-state index in [1.165, 1.54) is 12.1 Å². The van der Waals surface area contributed by atoms with Crippen LogP contribution in [0.2, 0.25) is 0 Å². The molecule has 376 valence electrons. The summed E-state index contributed by atoms with van der Waals surface area (Å²) in [5.41, 5.74) is 7.06. The number of carbonyl (C=O) groups is 3. The van der Waals surface area contributed by atoms with Gasteiger partial charge < -0.3 is 23.7 Å². The number of hydrogen-bond donors (Lipinski definition) is 1. The molecule has 7 aromatic carbocycles. The fourth-order valence-corrected chi connectivity index (χ4v) is 14.4. The fourth-order valence-electron chi connectivity index (χ4n) is 8.32. The first-order chi connectivity index (χ1) is 33.9.